The van der Waals surface area contributed by atoms with Gasteiger partial charge in [0.15, 0.2) is 0 Å². The molecule has 0 aromatic carbocycles. The molecule has 0 bridgehead atoms. The summed E-state index contributed by atoms with van der Waals surface area (Å²) in [5, 5.41) is 0. The van der Waals surface area contributed by atoms with E-state index in [4.69, 9.17) is 5.73 Å². The molecule has 0 heterocycles. The number of rotatable bonds is 2. The highest BCUT2D eigenvalue weighted by atomic mass is 14.9. The van der Waals surface area contributed by atoms with E-state index >= 15 is 0 Å². The first-order chi connectivity index (χ1) is 6.46. The molecule has 1 heteroatoms. The maximum absolute atomic E-state index is 6.39. The summed E-state index contributed by atoms with van der Waals surface area (Å²) in [6.45, 7) is 7.19. The van der Waals surface area contributed by atoms with Gasteiger partial charge in [-0.2, -0.15) is 0 Å². The monoisotopic (exact) mass is 195 g/mol. The zero-order valence-corrected chi connectivity index (χ0v) is 9.97. The Morgan fingerprint density at radius 1 is 1.07 bits per heavy atom. The molecule has 82 valence electrons. The standard InChI is InChI=1S/C13H25N/c1-10-4-6-11(7-5-10)12(2,3)13(14)8-9-13/h10-11H,4-9,14H2,1-3H3. The summed E-state index contributed by atoms with van der Waals surface area (Å²) in [4.78, 5) is 0. The fraction of sp³-hybridized carbons (Fsp3) is 1.00. The highest BCUT2D eigenvalue weighted by Crippen LogP contribution is 2.55. The topological polar surface area (TPSA) is 26.0 Å². The predicted octanol–water partition coefficient (Wildman–Crippen LogP) is 3.33. The van der Waals surface area contributed by atoms with Crippen LogP contribution >= 0.6 is 0 Å². The third-order valence-electron chi connectivity index (χ3n) is 5.11. The molecule has 0 aromatic rings. The van der Waals surface area contributed by atoms with E-state index in [0.29, 0.717) is 5.41 Å². The Bertz CT molecular complexity index is 207. The Hall–Kier alpha value is -0.0400. The summed E-state index contributed by atoms with van der Waals surface area (Å²) < 4.78 is 0. The summed E-state index contributed by atoms with van der Waals surface area (Å²) in [6, 6.07) is 0. The van der Waals surface area contributed by atoms with Crippen LogP contribution in [0, 0.1) is 17.3 Å². The van der Waals surface area contributed by atoms with Gasteiger partial charge in [0, 0.05) is 5.54 Å². The molecule has 2 aliphatic carbocycles. The van der Waals surface area contributed by atoms with Crippen molar-refractivity contribution in [3.63, 3.8) is 0 Å². The first-order valence-corrected chi connectivity index (χ1v) is 6.24. The molecular formula is C13H25N. The highest BCUT2D eigenvalue weighted by molar-refractivity contribution is 5.11. The minimum atomic E-state index is 0.193. The van der Waals surface area contributed by atoms with Crippen molar-refractivity contribution in [2.24, 2.45) is 23.0 Å². The zero-order chi connectivity index (χ0) is 10.4. The van der Waals surface area contributed by atoms with Crippen LogP contribution in [0.3, 0.4) is 0 Å². The van der Waals surface area contributed by atoms with Gasteiger partial charge in [-0.15, -0.1) is 0 Å². The summed E-state index contributed by atoms with van der Waals surface area (Å²) >= 11 is 0. The molecule has 0 spiro atoms. The van der Waals surface area contributed by atoms with Crippen LogP contribution in [0.4, 0.5) is 0 Å². The minimum absolute atomic E-state index is 0.193. The van der Waals surface area contributed by atoms with Gasteiger partial charge >= 0.3 is 0 Å². The van der Waals surface area contributed by atoms with Crippen molar-refractivity contribution in [1.29, 1.82) is 0 Å². The summed E-state index contributed by atoms with van der Waals surface area (Å²) in [6.07, 6.45) is 8.17. The first-order valence-electron chi connectivity index (χ1n) is 6.24. The van der Waals surface area contributed by atoms with Crippen LogP contribution in [0.25, 0.3) is 0 Å². The van der Waals surface area contributed by atoms with Crippen molar-refractivity contribution < 1.29 is 0 Å². The maximum atomic E-state index is 6.39. The molecule has 14 heavy (non-hydrogen) atoms. The molecule has 0 amide bonds. The second-order valence-electron chi connectivity index (χ2n) is 6.33. The Morgan fingerprint density at radius 3 is 2.00 bits per heavy atom. The van der Waals surface area contributed by atoms with Crippen molar-refractivity contribution in [2.45, 2.75) is 64.8 Å². The van der Waals surface area contributed by atoms with Crippen LogP contribution in [0.15, 0.2) is 0 Å². The Morgan fingerprint density at radius 2 is 1.57 bits per heavy atom. The van der Waals surface area contributed by atoms with Crippen LogP contribution < -0.4 is 5.73 Å². The highest BCUT2D eigenvalue weighted by Gasteiger charge is 2.54. The fourth-order valence-corrected chi connectivity index (χ4v) is 3.17. The Kier molecular flexibility index (Phi) is 2.42. The van der Waals surface area contributed by atoms with Crippen molar-refractivity contribution >= 4 is 0 Å². The lowest BCUT2D eigenvalue weighted by Crippen LogP contribution is -2.46. The van der Waals surface area contributed by atoms with E-state index in [9.17, 15) is 0 Å². The molecule has 0 saturated heterocycles. The van der Waals surface area contributed by atoms with Gasteiger partial charge in [0.2, 0.25) is 0 Å². The van der Waals surface area contributed by atoms with Gasteiger partial charge in [-0.25, -0.2) is 0 Å². The third-order valence-corrected chi connectivity index (χ3v) is 5.11. The van der Waals surface area contributed by atoms with E-state index < -0.39 is 0 Å². The van der Waals surface area contributed by atoms with Gasteiger partial charge in [-0.1, -0.05) is 33.6 Å². The second-order valence-corrected chi connectivity index (χ2v) is 6.33. The number of nitrogens with two attached hydrogens (primary N) is 1. The molecule has 2 saturated carbocycles. The Labute approximate surface area is 88.4 Å². The normalized spacial score (nSPS) is 36.9. The van der Waals surface area contributed by atoms with E-state index in [2.05, 4.69) is 20.8 Å². The van der Waals surface area contributed by atoms with Gasteiger partial charge in [0.25, 0.3) is 0 Å². The van der Waals surface area contributed by atoms with Gasteiger partial charge in [0.1, 0.15) is 0 Å². The molecule has 0 unspecified atom stereocenters. The number of hydrogen-bond donors (Lipinski definition) is 1. The smallest absolute Gasteiger partial charge is 0.0210 e. The van der Waals surface area contributed by atoms with Crippen LogP contribution in [0.5, 0.6) is 0 Å². The predicted molar refractivity (Wildman–Crippen MR) is 61.1 cm³/mol. The van der Waals surface area contributed by atoms with Crippen LogP contribution in [-0.2, 0) is 0 Å². The minimum Gasteiger partial charge on any atom is -0.325 e. The molecule has 2 aliphatic rings. The van der Waals surface area contributed by atoms with Crippen LogP contribution in [0.2, 0.25) is 0 Å². The second kappa shape index (κ2) is 3.23. The van der Waals surface area contributed by atoms with E-state index in [1.165, 1.54) is 38.5 Å². The van der Waals surface area contributed by atoms with Crippen LogP contribution in [-0.4, -0.2) is 5.54 Å². The maximum Gasteiger partial charge on any atom is 0.0210 e. The van der Waals surface area contributed by atoms with Crippen molar-refractivity contribution in [2.75, 3.05) is 0 Å². The average molecular weight is 195 g/mol. The first kappa shape index (κ1) is 10.5. The van der Waals surface area contributed by atoms with E-state index in [-0.39, 0.29) is 5.54 Å². The third kappa shape index (κ3) is 1.60. The molecule has 2 N–H and O–H groups in total. The van der Waals surface area contributed by atoms with Gasteiger partial charge in [-0.05, 0) is 42.9 Å². The van der Waals surface area contributed by atoms with Crippen molar-refractivity contribution in [1.82, 2.24) is 0 Å². The van der Waals surface area contributed by atoms with Crippen molar-refractivity contribution in [3.8, 4) is 0 Å². The summed E-state index contributed by atoms with van der Waals surface area (Å²) in [5.74, 6) is 1.83. The molecule has 0 aliphatic heterocycles. The molecule has 1 nitrogen and oxygen atoms in total. The molecule has 0 radical (unpaired) electrons. The largest absolute Gasteiger partial charge is 0.325 e. The van der Waals surface area contributed by atoms with Crippen LogP contribution in [0.1, 0.15) is 59.3 Å². The molecular weight excluding hydrogens is 170 g/mol. The van der Waals surface area contributed by atoms with Crippen molar-refractivity contribution in [3.05, 3.63) is 0 Å². The molecule has 2 rings (SSSR count). The quantitative estimate of drug-likeness (QED) is 0.718. The Balaban J connectivity index is 2.00. The average Bonchev–Trinajstić information content (AvgIpc) is 2.86. The van der Waals surface area contributed by atoms with E-state index in [1.807, 2.05) is 0 Å². The zero-order valence-electron chi connectivity index (χ0n) is 9.97. The lowest BCUT2D eigenvalue weighted by Gasteiger charge is -2.43. The lowest BCUT2D eigenvalue weighted by molar-refractivity contribution is 0.0976. The van der Waals surface area contributed by atoms with Gasteiger partial charge < -0.3 is 5.73 Å². The molecule has 0 aromatic heterocycles. The van der Waals surface area contributed by atoms with E-state index in [1.54, 1.807) is 0 Å². The molecule has 0 atom stereocenters. The lowest BCUT2D eigenvalue weighted by atomic mass is 9.64. The van der Waals surface area contributed by atoms with E-state index in [0.717, 1.165) is 11.8 Å². The SMILES string of the molecule is CC1CCC(C(C)(C)C2(N)CC2)CC1. The fourth-order valence-electron chi connectivity index (χ4n) is 3.17. The van der Waals surface area contributed by atoms with Gasteiger partial charge in [-0.3, -0.25) is 0 Å². The van der Waals surface area contributed by atoms with Gasteiger partial charge in [0.05, 0.1) is 0 Å². The molecule has 2 fully saturated rings. The summed E-state index contributed by atoms with van der Waals surface area (Å²) in [7, 11) is 0. The number of hydrogen-bond acceptors (Lipinski definition) is 1. The summed E-state index contributed by atoms with van der Waals surface area (Å²) in [5.41, 5.74) is 6.96.